The second kappa shape index (κ2) is 8.96. The van der Waals surface area contributed by atoms with E-state index in [-0.39, 0.29) is 24.8 Å². The Bertz CT molecular complexity index is 692. The van der Waals surface area contributed by atoms with Gasteiger partial charge in [-0.25, -0.2) is 4.39 Å². The highest BCUT2D eigenvalue weighted by Crippen LogP contribution is 2.17. The molecular weight excluding hydrogens is 309 g/mol. The lowest BCUT2D eigenvalue weighted by Crippen LogP contribution is -2.29. The molecule has 2 aromatic rings. The molecule has 0 saturated heterocycles. The van der Waals surface area contributed by atoms with Crippen molar-refractivity contribution in [2.45, 2.75) is 0 Å². The van der Waals surface area contributed by atoms with E-state index in [4.69, 9.17) is 10.2 Å². The van der Waals surface area contributed by atoms with E-state index in [1.165, 1.54) is 18.2 Å². The second-order valence-corrected chi connectivity index (χ2v) is 5.23. The average Bonchev–Trinajstić information content (AvgIpc) is 2.61. The van der Waals surface area contributed by atoms with Crippen LogP contribution in [0.25, 0.3) is 6.08 Å². The third-order valence-electron chi connectivity index (χ3n) is 3.53. The van der Waals surface area contributed by atoms with Gasteiger partial charge in [0.05, 0.1) is 13.2 Å². The number of aliphatic hydroxyl groups excluding tert-OH is 2. The maximum atomic E-state index is 12.9. The Kier molecular flexibility index (Phi) is 6.66. The summed E-state index contributed by atoms with van der Waals surface area (Å²) in [7, 11) is 0. The number of carbonyl (C=O) groups is 1. The van der Waals surface area contributed by atoms with Crippen LogP contribution in [0, 0.1) is 5.82 Å². The Morgan fingerprint density at radius 1 is 1.04 bits per heavy atom. The first-order chi connectivity index (χ1) is 11.6. The summed E-state index contributed by atoms with van der Waals surface area (Å²) in [5, 5.41) is 18.2. The van der Waals surface area contributed by atoms with E-state index in [1.807, 2.05) is 6.07 Å². The standard InChI is InChI=1S/C19H20FNO3/c20-17-7-4-15(5-8-17)6-9-19(24)16-2-1-3-18(14-16)21(10-12-22)11-13-23/h1-9,14,22-23H,10-13H2/b9-6+. The first-order valence-corrected chi connectivity index (χ1v) is 7.69. The van der Waals surface area contributed by atoms with Crippen LogP contribution < -0.4 is 4.90 Å². The number of hydrogen-bond donors (Lipinski definition) is 2. The van der Waals surface area contributed by atoms with E-state index < -0.39 is 0 Å². The predicted octanol–water partition coefficient (Wildman–Crippen LogP) is 2.51. The van der Waals surface area contributed by atoms with Gasteiger partial charge in [-0.2, -0.15) is 0 Å². The van der Waals surface area contributed by atoms with Crippen LogP contribution in [0.5, 0.6) is 0 Å². The molecule has 126 valence electrons. The van der Waals surface area contributed by atoms with Crippen molar-refractivity contribution in [3.63, 3.8) is 0 Å². The molecule has 0 aromatic heterocycles. The molecule has 5 heteroatoms. The summed E-state index contributed by atoms with van der Waals surface area (Å²) in [4.78, 5) is 14.1. The van der Waals surface area contributed by atoms with Gasteiger partial charge >= 0.3 is 0 Å². The lowest BCUT2D eigenvalue weighted by molar-refractivity contribution is 0.104. The first kappa shape index (κ1) is 17.8. The van der Waals surface area contributed by atoms with Crippen molar-refractivity contribution < 1.29 is 19.4 Å². The molecule has 0 saturated carbocycles. The van der Waals surface area contributed by atoms with Crippen LogP contribution in [0.1, 0.15) is 15.9 Å². The highest BCUT2D eigenvalue weighted by atomic mass is 19.1. The third-order valence-corrected chi connectivity index (χ3v) is 3.53. The van der Waals surface area contributed by atoms with Crippen molar-refractivity contribution in [1.82, 2.24) is 0 Å². The van der Waals surface area contributed by atoms with E-state index in [1.54, 1.807) is 41.3 Å². The van der Waals surface area contributed by atoms with Gasteiger partial charge in [0.1, 0.15) is 5.82 Å². The predicted molar refractivity (Wildman–Crippen MR) is 92.6 cm³/mol. The van der Waals surface area contributed by atoms with Gasteiger partial charge in [-0.3, -0.25) is 4.79 Å². The smallest absolute Gasteiger partial charge is 0.185 e. The van der Waals surface area contributed by atoms with Crippen molar-refractivity contribution in [3.8, 4) is 0 Å². The summed E-state index contributed by atoms with van der Waals surface area (Å²) in [5.41, 5.74) is 2.01. The Balaban J connectivity index is 2.14. The number of nitrogens with zero attached hydrogens (tertiary/aromatic N) is 1. The maximum absolute atomic E-state index is 12.9. The van der Waals surface area contributed by atoms with Gasteiger partial charge in [0.25, 0.3) is 0 Å². The fourth-order valence-electron chi connectivity index (χ4n) is 2.31. The van der Waals surface area contributed by atoms with Gasteiger partial charge < -0.3 is 15.1 Å². The number of benzene rings is 2. The topological polar surface area (TPSA) is 60.8 Å². The van der Waals surface area contributed by atoms with Gasteiger partial charge in [0, 0.05) is 24.3 Å². The fraction of sp³-hybridized carbons (Fsp3) is 0.211. The molecule has 0 heterocycles. The lowest BCUT2D eigenvalue weighted by atomic mass is 10.1. The summed E-state index contributed by atoms with van der Waals surface area (Å²) in [5.74, 6) is -0.492. The van der Waals surface area contributed by atoms with Crippen LogP contribution in [0.3, 0.4) is 0 Å². The van der Waals surface area contributed by atoms with E-state index in [0.717, 1.165) is 11.3 Å². The SMILES string of the molecule is O=C(/C=C/c1ccc(F)cc1)c1cccc(N(CCO)CCO)c1. The number of ketones is 1. The van der Waals surface area contributed by atoms with Crippen LogP contribution in [-0.4, -0.2) is 42.3 Å². The van der Waals surface area contributed by atoms with Gasteiger partial charge in [-0.05, 0) is 35.9 Å². The molecule has 4 nitrogen and oxygen atoms in total. The zero-order valence-corrected chi connectivity index (χ0v) is 13.2. The van der Waals surface area contributed by atoms with Crippen molar-refractivity contribution in [2.24, 2.45) is 0 Å². The molecule has 0 amide bonds. The molecular formula is C19H20FNO3. The van der Waals surface area contributed by atoms with Crippen LogP contribution in [-0.2, 0) is 0 Å². The first-order valence-electron chi connectivity index (χ1n) is 7.69. The van der Waals surface area contributed by atoms with Gasteiger partial charge in [0.2, 0.25) is 0 Å². The van der Waals surface area contributed by atoms with Crippen molar-refractivity contribution >= 4 is 17.5 Å². The molecule has 0 aliphatic rings. The number of aliphatic hydroxyl groups is 2. The molecule has 0 spiro atoms. The van der Waals surface area contributed by atoms with E-state index >= 15 is 0 Å². The molecule has 0 unspecified atom stereocenters. The Morgan fingerprint density at radius 2 is 1.71 bits per heavy atom. The molecule has 2 N–H and O–H groups in total. The van der Waals surface area contributed by atoms with E-state index in [9.17, 15) is 9.18 Å². The molecule has 0 radical (unpaired) electrons. The summed E-state index contributed by atoms with van der Waals surface area (Å²) < 4.78 is 12.9. The van der Waals surface area contributed by atoms with Crippen LogP contribution in [0.4, 0.5) is 10.1 Å². The van der Waals surface area contributed by atoms with Crippen LogP contribution in [0.15, 0.2) is 54.6 Å². The fourth-order valence-corrected chi connectivity index (χ4v) is 2.31. The monoisotopic (exact) mass is 329 g/mol. The van der Waals surface area contributed by atoms with Crippen LogP contribution >= 0.6 is 0 Å². The third kappa shape index (κ3) is 5.01. The number of rotatable bonds is 8. The summed E-state index contributed by atoms with van der Waals surface area (Å²) >= 11 is 0. The highest BCUT2D eigenvalue weighted by Gasteiger charge is 2.08. The Hall–Kier alpha value is -2.50. The minimum atomic E-state index is -0.320. The van der Waals surface area contributed by atoms with Gasteiger partial charge in [-0.1, -0.05) is 30.3 Å². The minimum Gasteiger partial charge on any atom is -0.395 e. The molecule has 0 fully saturated rings. The van der Waals surface area contributed by atoms with Gasteiger partial charge in [0.15, 0.2) is 5.78 Å². The van der Waals surface area contributed by atoms with E-state index in [2.05, 4.69) is 0 Å². The molecule has 0 aliphatic heterocycles. The Morgan fingerprint density at radius 3 is 2.33 bits per heavy atom. The zero-order valence-electron chi connectivity index (χ0n) is 13.2. The molecule has 0 atom stereocenters. The highest BCUT2D eigenvalue weighted by molar-refractivity contribution is 6.07. The summed E-state index contributed by atoms with van der Waals surface area (Å²) in [6, 6.07) is 12.9. The molecule has 2 aromatic carbocycles. The number of halogens is 1. The lowest BCUT2D eigenvalue weighted by Gasteiger charge is -2.23. The average molecular weight is 329 g/mol. The Labute approximate surface area is 140 Å². The quantitative estimate of drug-likeness (QED) is 0.577. The zero-order chi connectivity index (χ0) is 17.4. The summed E-state index contributed by atoms with van der Waals surface area (Å²) in [6.45, 7) is 0.679. The van der Waals surface area contributed by atoms with Crippen molar-refractivity contribution in [1.29, 1.82) is 0 Å². The minimum absolute atomic E-state index is 0.0390. The molecule has 0 bridgehead atoms. The van der Waals surface area contributed by atoms with E-state index in [0.29, 0.717) is 18.7 Å². The van der Waals surface area contributed by atoms with Gasteiger partial charge in [-0.15, -0.1) is 0 Å². The second-order valence-electron chi connectivity index (χ2n) is 5.23. The number of anilines is 1. The normalized spacial score (nSPS) is 11.0. The summed E-state index contributed by atoms with van der Waals surface area (Å²) in [6.07, 6.45) is 3.07. The van der Waals surface area contributed by atoms with Crippen LogP contribution in [0.2, 0.25) is 0 Å². The number of carbonyl (C=O) groups excluding carboxylic acids is 1. The molecule has 24 heavy (non-hydrogen) atoms. The van der Waals surface area contributed by atoms with Crippen molar-refractivity contribution in [2.75, 3.05) is 31.2 Å². The maximum Gasteiger partial charge on any atom is 0.185 e. The van der Waals surface area contributed by atoms with Crippen molar-refractivity contribution in [3.05, 3.63) is 71.6 Å². The molecule has 0 aliphatic carbocycles. The number of allylic oxidation sites excluding steroid dienone is 1. The largest absolute Gasteiger partial charge is 0.395 e. The molecule has 2 rings (SSSR count). The number of hydrogen-bond acceptors (Lipinski definition) is 4.